The first-order chi connectivity index (χ1) is 16.6. The van der Waals surface area contributed by atoms with Gasteiger partial charge in [0.25, 0.3) is 0 Å². The molecule has 0 N–H and O–H groups in total. The number of thiazole rings is 1. The van der Waals surface area contributed by atoms with Crippen LogP contribution in [0.5, 0.6) is 5.75 Å². The minimum atomic E-state index is -0.546. The molecule has 1 aromatic heterocycles. The van der Waals surface area contributed by atoms with Crippen LogP contribution in [0.15, 0.2) is 78.8 Å². The Hall–Kier alpha value is -3.28. The molecule has 1 saturated carbocycles. The molecule has 1 aliphatic rings. The maximum absolute atomic E-state index is 14.6. The van der Waals surface area contributed by atoms with Crippen LogP contribution in [0.1, 0.15) is 36.0 Å². The lowest BCUT2D eigenvalue weighted by Gasteiger charge is -2.32. The van der Waals surface area contributed by atoms with Gasteiger partial charge in [-0.05, 0) is 59.7 Å². The molecule has 0 bridgehead atoms. The maximum Gasteiger partial charge on any atom is 0.335 e. The lowest BCUT2D eigenvalue weighted by molar-refractivity contribution is -0.128. The number of carbonyl (C=O) groups is 1. The van der Waals surface area contributed by atoms with E-state index in [-0.39, 0.29) is 10.9 Å². The molecule has 0 aliphatic heterocycles. The van der Waals surface area contributed by atoms with Crippen LogP contribution in [-0.2, 0) is 4.79 Å². The van der Waals surface area contributed by atoms with Crippen LogP contribution in [-0.4, -0.2) is 11.0 Å². The Morgan fingerprint density at radius 1 is 1.12 bits per heavy atom. The molecule has 1 aliphatic carbocycles. The van der Waals surface area contributed by atoms with Crippen molar-refractivity contribution in [3.05, 3.63) is 106 Å². The third kappa shape index (κ3) is 4.17. The van der Waals surface area contributed by atoms with E-state index in [2.05, 4.69) is 11.6 Å². The summed E-state index contributed by atoms with van der Waals surface area (Å²) in [6, 6.07) is 18.4. The fourth-order valence-corrected chi connectivity index (χ4v) is 5.24. The van der Waals surface area contributed by atoms with Gasteiger partial charge in [-0.2, -0.15) is 0 Å². The number of esters is 1. The number of fused-ring (bicyclic) bond motifs is 1. The Balaban J connectivity index is 1.85. The predicted molar refractivity (Wildman–Crippen MR) is 137 cm³/mol. The summed E-state index contributed by atoms with van der Waals surface area (Å²) in [5.74, 6) is -0.402. The third-order valence-electron chi connectivity index (χ3n) is 6.18. The van der Waals surface area contributed by atoms with Crippen LogP contribution < -0.4 is 4.74 Å². The molecule has 1 heterocycles. The number of rotatable bonds is 6. The summed E-state index contributed by atoms with van der Waals surface area (Å²) in [6.07, 6.45) is 4.17. The van der Waals surface area contributed by atoms with Crippen LogP contribution in [0.3, 0.4) is 0 Å². The Bertz CT molecular complexity index is 1440. The SMILES string of the molecule is C=CC(=O)Oc1ccccc1/C(=C(/c1cccc(F)c1Cl)C1CCC1)c1ccc2scnc2c1. The van der Waals surface area contributed by atoms with Crippen LogP contribution in [0.2, 0.25) is 5.02 Å². The third-order valence-corrected chi connectivity index (χ3v) is 7.37. The highest BCUT2D eigenvalue weighted by Gasteiger charge is 2.30. The molecule has 0 atom stereocenters. The van der Waals surface area contributed by atoms with Gasteiger partial charge < -0.3 is 4.74 Å². The monoisotopic (exact) mass is 489 g/mol. The number of halogens is 2. The van der Waals surface area contributed by atoms with Crippen molar-refractivity contribution in [3.8, 4) is 5.75 Å². The van der Waals surface area contributed by atoms with Gasteiger partial charge in [0.15, 0.2) is 0 Å². The highest BCUT2D eigenvalue weighted by atomic mass is 35.5. The number of hydrogen-bond acceptors (Lipinski definition) is 4. The summed E-state index contributed by atoms with van der Waals surface area (Å²) in [5, 5.41) is 0.0946. The molecule has 3 aromatic carbocycles. The Morgan fingerprint density at radius 3 is 2.68 bits per heavy atom. The van der Waals surface area contributed by atoms with Crippen LogP contribution >= 0.6 is 22.9 Å². The van der Waals surface area contributed by atoms with Gasteiger partial charge in [0.1, 0.15) is 11.6 Å². The van der Waals surface area contributed by atoms with Crippen molar-refractivity contribution in [1.29, 1.82) is 0 Å². The number of allylic oxidation sites excluding steroid dienone is 1. The average molecular weight is 490 g/mol. The molecule has 170 valence electrons. The molecule has 4 aromatic rings. The zero-order valence-corrected chi connectivity index (χ0v) is 19.8. The first-order valence-electron chi connectivity index (χ1n) is 11.0. The molecule has 0 radical (unpaired) electrons. The van der Waals surface area contributed by atoms with Crippen molar-refractivity contribution < 1.29 is 13.9 Å². The van der Waals surface area contributed by atoms with Gasteiger partial charge in [-0.15, -0.1) is 11.3 Å². The number of aromatic nitrogens is 1. The van der Waals surface area contributed by atoms with E-state index in [0.29, 0.717) is 11.3 Å². The van der Waals surface area contributed by atoms with Crippen molar-refractivity contribution in [1.82, 2.24) is 4.98 Å². The predicted octanol–water partition coefficient (Wildman–Crippen LogP) is 7.94. The van der Waals surface area contributed by atoms with Gasteiger partial charge >= 0.3 is 5.97 Å². The number of carbonyl (C=O) groups excluding carboxylic acids is 1. The van der Waals surface area contributed by atoms with E-state index in [9.17, 15) is 9.18 Å². The molecule has 34 heavy (non-hydrogen) atoms. The van der Waals surface area contributed by atoms with Crippen LogP contribution in [0.25, 0.3) is 21.4 Å². The van der Waals surface area contributed by atoms with E-state index in [0.717, 1.165) is 57.8 Å². The zero-order chi connectivity index (χ0) is 23.7. The zero-order valence-electron chi connectivity index (χ0n) is 18.3. The Labute approximate surface area is 206 Å². The van der Waals surface area contributed by atoms with Gasteiger partial charge in [-0.3, -0.25) is 0 Å². The minimum Gasteiger partial charge on any atom is -0.423 e. The van der Waals surface area contributed by atoms with Crippen LogP contribution in [0, 0.1) is 11.7 Å². The van der Waals surface area contributed by atoms with Gasteiger partial charge in [0, 0.05) is 17.2 Å². The smallest absolute Gasteiger partial charge is 0.335 e. The lowest BCUT2D eigenvalue weighted by Crippen LogP contribution is -2.16. The van der Waals surface area contributed by atoms with Gasteiger partial charge in [-0.1, -0.05) is 61.0 Å². The minimum absolute atomic E-state index is 0.0946. The number of benzene rings is 3. The highest BCUT2D eigenvalue weighted by Crippen LogP contribution is 2.48. The average Bonchev–Trinajstić information content (AvgIpc) is 3.28. The van der Waals surface area contributed by atoms with Gasteiger partial charge in [0.05, 0.1) is 20.7 Å². The quantitative estimate of drug-likeness (QED) is 0.119. The molecule has 6 heteroatoms. The summed E-state index contributed by atoms with van der Waals surface area (Å²) < 4.78 is 21.3. The fourth-order valence-electron chi connectivity index (χ4n) is 4.35. The molecular formula is C28H21ClFNO2S. The first-order valence-corrected chi connectivity index (χ1v) is 12.3. The standard InChI is InChI=1S/C28H21ClFNO2S/c1-2-25(32)33-23-12-4-3-9-19(23)27(18-13-14-24-22(15-18)31-16-34-24)26(17-7-5-8-17)20-10-6-11-21(30)28(20)29/h2-4,6,9-17H,1,5,7-8H2/b27-26+. The first kappa shape index (κ1) is 22.5. The fraction of sp³-hybridized carbons (Fsp3) is 0.143. The number of hydrogen-bond donors (Lipinski definition) is 0. The largest absolute Gasteiger partial charge is 0.423 e. The van der Waals surface area contributed by atoms with E-state index in [1.54, 1.807) is 23.5 Å². The molecule has 0 amide bonds. The lowest BCUT2D eigenvalue weighted by atomic mass is 9.73. The number of ether oxygens (including phenoxy) is 1. The molecular weight excluding hydrogens is 469 g/mol. The summed E-state index contributed by atoms with van der Waals surface area (Å²) in [4.78, 5) is 16.6. The van der Waals surface area contributed by atoms with Crippen molar-refractivity contribution >= 4 is 50.3 Å². The summed E-state index contributed by atoms with van der Waals surface area (Å²) in [6.45, 7) is 3.52. The molecule has 0 unspecified atom stereocenters. The van der Waals surface area contributed by atoms with Gasteiger partial charge in [0.2, 0.25) is 0 Å². The maximum atomic E-state index is 14.6. The molecule has 3 nitrogen and oxygen atoms in total. The van der Waals surface area contributed by atoms with E-state index in [1.165, 1.54) is 6.07 Å². The highest BCUT2D eigenvalue weighted by molar-refractivity contribution is 7.16. The second-order valence-corrected chi connectivity index (χ2v) is 9.44. The summed E-state index contributed by atoms with van der Waals surface area (Å²) in [5.41, 5.74) is 6.79. The Morgan fingerprint density at radius 2 is 1.91 bits per heavy atom. The second kappa shape index (κ2) is 9.53. The van der Waals surface area contributed by atoms with E-state index in [4.69, 9.17) is 16.3 Å². The number of para-hydroxylation sites is 1. The second-order valence-electron chi connectivity index (χ2n) is 8.17. The summed E-state index contributed by atoms with van der Waals surface area (Å²) >= 11 is 8.11. The Kier molecular flexibility index (Phi) is 6.31. The number of nitrogens with zero attached hydrogens (tertiary/aromatic N) is 1. The molecule has 5 rings (SSSR count). The molecule has 1 fully saturated rings. The molecule has 0 spiro atoms. The van der Waals surface area contributed by atoms with E-state index >= 15 is 0 Å². The van der Waals surface area contributed by atoms with E-state index < -0.39 is 11.8 Å². The van der Waals surface area contributed by atoms with E-state index in [1.807, 2.05) is 48.0 Å². The van der Waals surface area contributed by atoms with Crippen LogP contribution in [0.4, 0.5) is 4.39 Å². The van der Waals surface area contributed by atoms with Crippen molar-refractivity contribution in [2.75, 3.05) is 0 Å². The topological polar surface area (TPSA) is 39.2 Å². The van der Waals surface area contributed by atoms with Gasteiger partial charge in [-0.25, -0.2) is 14.2 Å². The normalized spacial score (nSPS) is 14.4. The van der Waals surface area contributed by atoms with Crippen molar-refractivity contribution in [2.24, 2.45) is 5.92 Å². The van der Waals surface area contributed by atoms with Crippen molar-refractivity contribution in [3.63, 3.8) is 0 Å². The summed E-state index contributed by atoms with van der Waals surface area (Å²) in [7, 11) is 0. The molecule has 0 saturated heterocycles. The van der Waals surface area contributed by atoms with Crippen molar-refractivity contribution in [2.45, 2.75) is 19.3 Å².